The second kappa shape index (κ2) is 6.00. The quantitative estimate of drug-likeness (QED) is 0.627. The molecule has 104 valence electrons. The van der Waals surface area contributed by atoms with E-state index in [9.17, 15) is 8.42 Å². The summed E-state index contributed by atoms with van der Waals surface area (Å²) in [7, 11) is -1.87. The van der Waals surface area contributed by atoms with Crippen LogP contribution in [0.5, 0.6) is 0 Å². The molecule has 1 aromatic heterocycles. The van der Waals surface area contributed by atoms with Crippen molar-refractivity contribution in [1.82, 2.24) is 9.29 Å². The topological polar surface area (TPSA) is 59.5 Å². The molecule has 2 heterocycles. The fourth-order valence-electron chi connectivity index (χ4n) is 1.92. The van der Waals surface area contributed by atoms with Crippen LogP contribution in [-0.2, 0) is 14.8 Å². The zero-order valence-electron chi connectivity index (χ0n) is 10.5. The van der Waals surface area contributed by atoms with Crippen LogP contribution in [0.25, 0.3) is 0 Å². The zero-order valence-corrected chi connectivity index (χ0v) is 12.1. The van der Waals surface area contributed by atoms with E-state index in [1.54, 1.807) is 7.11 Å². The number of aromatic nitrogens is 1. The van der Waals surface area contributed by atoms with Crippen molar-refractivity contribution in [2.45, 2.75) is 11.3 Å². The van der Waals surface area contributed by atoms with Gasteiger partial charge in [-0.3, -0.25) is 0 Å². The first-order valence-electron chi connectivity index (χ1n) is 5.82. The molecular formula is C12H15ClN2O3S. The highest BCUT2D eigenvalue weighted by molar-refractivity contribution is 7.89. The lowest BCUT2D eigenvalue weighted by Crippen LogP contribution is -2.35. The summed E-state index contributed by atoms with van der Waals surface area (Å²) in [5.74, 6) is 0. The average Bonchev–Trinajstić information content (AvgIpc) is 2.40. The van der Waals surface area contributed by atoms with Crippen LogP contribution in [0, 0.1) is 0 Å². The summed E-state index contributed by atoms with van der Waals surface area (Å²) in [4.78, 5) is 3.97. The Hall–Kier alpha value is -0.950. The molecule has 1 aliphatic heterocycles. The van der Waals surface area contributed by atoms with Gasteiger partial charge in [0.1, 0.15) is 5.15 Å². The Morgan fingerprint density at radius 2 is 2.32 bits per heavy atom. The van der Waals surface area contributed by atoms with Gasteiger partial charge in [0.25, 0.3) is 0 Å². The van der Waals surface area contributed by atoms with Gasteiger partial charge in [0.05, 0.1) is 11.5 Å². The maximum atomic E-state index is 12.4. The van der Waals surface area contributed by atoms with Crippen LogP contribution in [-0.4, -0.2) is 44.5 Å². The largest absolute Gasteiger partial charge is 0.380 e. The molecule has 0 atom stereocenters. The standard InChI is InChI=1S/C12H15ClN2O3S/c1-18-9-10-3-6-15(7-4-10)19(16,17)11-2-5-14-12(13)8-11/h2-3,5,8H,4,6-7,9H2,1H3. The first-order chi connectivity index (χ1) is 9.04. The average molecular weight is 303 g/mol. The van der Waals surface area contributed by atoms with Crippen LogP contribution in [0.2, 0.25) is 5.15 Å². The minimum atomic E-state index is -3.50. The van der Waals surface area contributed by atoms with E-state index in [1.165, 1.54) is 22.6 Å². The highest BCUT2D eigenvalue weighted by Crippen LogP contribution is 2.21. The lowest BCUT2D eigenvalue weighted by molar-refractivity contribution is 0.219. The maximum Gasteiger partial charge on any atom is 0.243 e. The van der Waals surface area contributed by atoms with E-state index in [1.807, 2.05) is 6.08 Å². The van der Waals surface area contributed by atoms with E-state index in [0.29, 0.717) is 26.1 Å². The van der Waals surface area contributed by atoms with Gasteiger partial charge in [-0.1, -0.05) is 17.7 Å². The van der Waals surface area contributed by atoms with Gasteiger partial charge < -0.3 is 4.74 Å². The van der Waals surface area contributed by atoms with Gasteiger partial charge in [-0.15, -0.1) is 0 Å². The molecule has 2 rings (SSSR count). The molecule has 0 radical (unpaired) electrons. The number of rotatable bonds is 4. The molecule has 0 saturated heterocycles. The third-order valence-corrected chi connectivity index (χ3v) is 5.00. The van der Waals surface area contributed by atoms with Crippen LogP contribution in [0.4, 0.5) is 0 Å². The number of methoxy groups -OCH3 is 1. The van der Waals surface area contributed by atoms with Crippen molar-refractivity contribution in [2.75, 3.05) is 26.8 Å². The van der Waals surface area contributed by atoms with Gasteiger partial charge in [0, 0.05) is 26.4 Å². The molecule has 1 aromatic rings. The molecule has 0 amide bonds. The Balaban J connectivity index is 2.18. The van der Waals surface area contributed by atoms with Crippen molar-refractivity contribution >= 4 is 21.6 Å². The van der Waals surface area contributed by atoms with Gasteiger partial charge in [-0.25, -0.2) is 13.4 Å². The van der Waals surface area contributed by atoms with Gasteiger partial charge in [-0.2, -0.15) is 4.31 Å². The maximum absolute atomic E-state index is 12.4. The lowest BCUT2D eigenvalue weighted by atomic mass is 10.1. The van der Waals surface area contributed by atoms with E-state index >= 15 is 0 Å². The fraction of sp³-hybridized carbons (Fsp3) is 0.417. The normalized spacial score (nSPS) is 17.3. The summed E-state index contributed by atoms with van der Waals surface area (Å²) in [6.07, 6.45) is 3.98. The van der Waals surface area contributed by atoms with E-state index in [0.717, 1.165) is 5.57 Å². The summed E-state index contributed by atoms with van der Waals surface area (Å²) < 4.78 is 31.2. The van der Waals surface area contributed by atoms with Crippen LogP contribution in [0.3, 0.4) is 0 Å². The van der Waals surface area contributed by atoms with Crippen LogP contribution >= 0.6 is 11.6 Å². The van der Waals surface area contributed by atoms with Crippen molar-refractivity contribution in [2.24, 2.45) is 0 Å². The first-order valence-corrected chi connectivity index (χ1v) is 7.64. The smallest absolute Gasteiger partial charge is 0.243 e. The number of hydrogen-bond donors (Lipinski definition) is 0. The number of ether oxygens (including phenoxy) is 1. The minimum absolute atomic E-state index is 0.175. The Labute approximate surface area is 117 Å². The van der Waals surface area contributed by atoms with E-state index in [2.05, 4.69) is 4.98 Å². The minimum Gasteiger partial charge on any atom is -0.380 e. The molecule has 19 heavy (non-hydrogen) atoms. The second-order valence-electron chi connectivity index (χ2n) is 4.22. The zero-order chi connectivity index (χ0) is 13.9. The molecule has 5 nitrogen and oxygen atoms in total. The summed E-state index contributed by atoms with van der Waals surface area (Å²) in [5.41, 5.74) is 1.13. The van der Waals surface area contributed by atoms with Gasteiger partial charge in [0.15, 0.2) is 0 Å². The monoisotopic (exact) mass is 302 g/mol. The second-order valence-corrected chi connectivity index (χ2v) is 6.55. The third kappa shape index (κ3) is 3.33. The molecule has 0 unspecified atom stereocenters. The van der Waals surface area contributed by atoms with Crippen molar-refractivity contribution in [3.05, 3.63) is 35.1 Å². The Kier molecular flexibility index (Phi) is 4.57. The SMILES string of the molecule is COCC1=CCN(S(=O)(=O)c2ccnc(Cl)c2)CC1. The van der Waals surface area contributed by atoms with Gasteiger partial charge in [-0.05, 0) is 24.1 Å². The van der Waals surface area contributed by atoms with Crippen molar-refractivity contribution in [3.8, 4) is 0 Å². The molecule has 1 aliphatic rings. The van der Waals surface area contributed by atoms with Crippen LogP contribution in [0.15, 0.2) is 34.9 Å². The van der Waals surface area contributed by atoms with Crippen molar-refractivity contribution < 1.29 is 13.2 Å². The summed E-state index contributed by atoms with van der Waals surface area (Å²) in [6, 6.07) is 2.82. The highest BCUT2D eigenvalue weighted by atomic mass is 35.5. The number of pyridine rings is 1. The van der Waals surface area contributed by atoms with Crippen molar-refractivity contribution in [1.29, 1.82) is 0 Å². The molecule has 0 spiro atoms. The van der Waals surface area contributed by atoms with E-state index in [4.69, 9.17) is 16.3 Å². The molecule has 0 aromatic carbocycles. The third-order valence-electron chi connectivity index (χ3n) is 2.93. The summed E-state index contributed by atoms with van der Waals surface area (Å²) in [5, 5.41) is 0.175. The lowest BCUT2D eigenvalue weighted by Gasteiger charge is -2.25. The highest BCUT2D eigenvalue weighted by Gasteiger charge is 2.26. The van der Waals surface area contributed by atoms with Gasteiger partial charge in [0.2, 0.25) is 10.0 Å². The molecule has 0 N–H and O–H groups in total. The van der Waals surface area contributed by atoms with Crippen LogP contribution in [0.1, 0.15) is 6.42 Å². The Morgan fingerprint density at radius 3 is 2.89 bits per heavy atom. The summed E-state index contributed by atoms with van der Waals surface area (Å²) >= 11 is 5.73. The molecule has 7 heteroatoms. The predicted molar refractivity (Wildman–Crippen MR) is 72.6 cm³/mol. The van der Waals surface area contributed by atoms with Crippen molar-refractivity contribution in [3.63, 3.8) is 0 Å². The number of halogens is 1. The van der Waals surface area contributed by atoms with E-state index in [-0.39, 0.29) is 10.0 Å². The molecule has 0 aliphatic carbocycles. The number of nitrogens with zero attached hydrogens (tertiary/aromatic N) is 2. The first kappa shape index (κ1) is 14.5. The van der Waals surface area contributed by atoms with Crippen LogP contribution < -0.4 is 0 Å². The molecule has 0 fully saturated rings. The molecule has 0 bridgehead atoms. The molecular weight excluding hydrogens is 288 g/mol. The van der Waals surface area contributed by atoms with Gasteiger partial charge >= 0.3 is 0 Å². The summed E-state index contributed by atoms with van der Waals surface area (Å²) in [6.45, 7) is 1.37. The molecule has 0 saturated carbocycles. The fourth-order valence-corrected chi connectivity index (χ4v) is 3.55. The Morgan fingerprint density at radius 1 is 1.53 bits per heavy atom. The number of sulfonamides is 1. The Bertz CT molecular complexity index is 586. The predicted octanol–water partition coefficient (Wildman–Crippen LogP) is 1.70. The number of hydrogen-bond acceptors (Lipinski definition) is 4. The van der Waals surface area contributed by atoms with E-state index < -0.39 is 10.0 Å².